The van der Waals surface area contributed by atoms with Crippen LogP contribution in [0.3, 0.4) is 0 Å². The summed E-state index contributed by atoms with van der Waals surface area (Å²) in [5.74, 6) is 0. The van der Waals surface area contributed by atoms with Crippen LogP contribution in [-0.2, 0) is 9.47 Å². The minimum Gasteiger partial charge on any atom is -0.353 e. The summed E-state index contributed by atoms with van der Waals surface area (Å²) in [6, 6.07) is 0. The molecule has 1 saturated heterocycles. The van der Waals surface area contributed by atoms with E-state index in [0.29, 0.717) is 0 Å². The van der Waals surface area contributed by atoms with Crippen molar-refractivity contribution in [3.05, 3.63) is 24.3 Å². The Balaban J connectivity index is 2.14. The van der Waals surface area contributed by atoms with Gasteiger partial charge in [-0.15, -0.1) is 6.58 Å². The van der Waals surface area contributed by atoms with Crippen molar-refractivity contribution >= 4 is 0 Å². The highest BCUT2D eigenvalue weighted by Gasteiger charge is 2.13. The van der Waals surface area contributed by atoms with Crippen molar-refractivity contribution < 1.29 is 9.47 Å². The molecule has 1 unspecified atom stereocenters. The first-order chi connectivity index (χ1) is 9.86. The third kappa shape index (κ3) is 8.55. The lowest BCUT2D eigenvalue weighted by molar-refractivity contribution is -0.161. The zero-order valence-corrected chi connectivity index (χ0v) is 13.2. The lowest BCUT2D eigenvalue weighted by Gasteiger charge is -2.22. The molecular formula is C18H32O2. The Kier molecular flexibility index (Phi) is 10.6. The molecule has 116 valence electrons. The fraction of sp³-hybridized carbons (Fsp3) is 0.778. The summed E-state index contributed by atoms with van der Waals surface area (Å²) in [6.07, 6.45) is 16.4. The van der Waals surface area contributed by atoms with Gasteiger partial charge in [-0.25, -0.2) is 0 Å². The first-order valence-corrected chi connectivity index (χ1v) is 8.38. The van der Waals surface area contributed by atoms with Gasteiger partial charge in [0.25, 0.3) is 0 Å². The van der Waals surface area contributed by atoms with E-state index in [2.05, 4.69) is 19.6 Å². The Morgan fingerprint density at radius 2 is 2.20 bits per heavy atom. The van der Waals surface area contributed by atoms with Crippen LogP contribution in [0.25, 0.3) is 0 Å². The van der Waals surface area contributed by atoms with Crippen molar-refractivity contribution in [3.8, 4) is 0 Å². The summed E-state index contributed by atoms with van der Waals surface area (Å²) >= 11 is 0. The normalized spacial score (nSPS) is 20.1. The van der Waals surface area contributed by atoms with Gasteiger partial charge in [-0.1, -0.05) is 43.9 Å². The summed E-state index contributed by atoms with van der Waals surface area (Å²) in [7, 11) is 0. The van der Waals surface area contributed by atoms with E-state index in [1.807, 2.05) is 6.08 Å². The van der Waals surface area contributed by atoms with Crippen molar-refractivity contribution in [2.75, 3.05) is 13.2 Å². The smallest absolute Gasteiger partial charge is 0.157 e. The van der Waals surface area contributed by atoms with Gasteiger partial charge in [-0.2, -0.15) is 0 Å². The molecule has 1 fully saturated rings. The zero-order valence-electron chi connectivity index (χ0n) is 13.2. The lowest BCUT2D eigenvalue weighted by Crippen LogP contribution is -2.22. The molecule has 0 aromatic carbocycles. The molecule has 0 N–H and O–H groups in total. The maximum absolute atomic E-state index is 5.76. The van der Waals surface area contributed by atoms with Crippen LogP contribution >= 0.6 is 0 Å². The number of allylic oxidation sites excluding steroid dienone is 2. The van der Waals surface area contributed by atoms with Crippen molar-refractivity contribution in [2.24, 2.45) is 0 Å². The van der Waals surface area contributed by atoms with Crippen LogP contribution in [0.4, 0.5) is 0 Å². The Bertz CT molecular complexity index is 265. The van der Waals surface area contributed by atoms with Gasteiger partial charge in [0.2, 0.25) is 0 Å². The van der Waals surface area contributed by atoms with Crippen LogP contribution in [0.15, 0.2) is 24.3 Å². The highest BCUT2D eigenvalue weighted by Crippen LogP contribution is 2.16. The Labute approximate surface area is 125 Å². The second-order valence-electron chi connectivity index (χ2n) is 5.62. The van der Waals surface area contributed by atoms with Crippen LogP contribution in [0.2, 0.25) is 0 Å². The van der Waals surface area contributed by atoms with E-state index < -0.39 is 0 Å². The Hall–Kier alpha value is -0.600. The van der Waals surface area contributed by atoms with Gasteiger partial charge in [-0.05, 0) is 44.9 Å². The molecule has 0 amide bonds. The number of ether oxygens (including phenoxy) is 2. The monoisotopic (exact) mass is 280 g/mol. The predicted octanol–water partition coefficient (Wildman–Crippen LogP) is 5.39. The molecule has 1 atom stereocenters. The molecule has 20 heavy (non-hydrogen) atoms. The van der Waals surface area contributed by atoms with Crippen LogP contribution in [-0.4, -0.2) is 19.5 Å². The van der Waals surface area contributed by atoms with E-state index in [-0.39, 0.29) is 6.29 Å². The molecule has 0 aromatic rings. The van der Waals surface area contributed by atoms with Crippen LogP contribution in [0.5, 0.6) is 0 Å². The standard InChI is InChI=1S/C18H32O2/c1-3-5-6-7-12-17(11-4-2)13-10-16-20-18-14-8-9-15-19-18/h4,13,18H,2-3,5-12,14-16H2,1H3/b17-13+. The molecule has 1 aliphatic heterocycles. The van der Waals surface area contributed by atoms with Gasteiger partial charge in [-0.3, -0.25) is 0 Å². The summed E-state index contributed by atoms with van der Waals surface area (Å²) in [5, 5.41) is 0. The van der Waals surface area contributed by atoms with Gasteiger partial charge >= 0.3 is 0 Å². The minimum atomic E-state index is 0.0459. The quantitative estimate of drug-likeness (QED) is 0.373. The molecule has 1 aliphatic rings. The number of hydrogen-bond acceptors (Lipinski definition) is 2. The van der Waals surface area contributed by atoms with E-state index in [4.69, 9.17) is 9.47 Å². The lowest BCUT2D eigenvalue weighted by atomic mass is 10.0. The molecule has 1 heterocycles. The van der Waals surface area contributed by atoms with Crippen molar-refractivity contribution in [1.29, 1.82) is 0 Å². The maximum Gasteiger partial charge on any atom is 0.157 e. The first-order valence-electron chi connectivity index (χ1n) is 8.38. The topological polar surface area (TPSA) is 18.5 Å². The van der Waals surface area contributed by atoms with E-state index >= 15 is 0 Å². The highest BCUT2D eigenvalue weighted by molar-refractivity contribution is 5.06. The predicted molar refractivity (Wildman–Crippen MR) is 85.8 cm³/mol. The highest BCUT2D eigenvalue weighted by atomic mass is 16.7. The average Bonchev–Trinajstić information content (AvgIpc) is 2.49. The van der Waals surface area contributed by atoms with Crippen LogP contribution in [0.1, 0.15) is 71.1 Å². The molecule has 0 aromatic heterocycles. The maximum atomic E-state index is 5.76. The number of rotatable bonds is 11. The SMILES string of the molecule is C=CC/C(=C\CCOC1CCCCO1)CCCCCC. The van der Waals surface area contributed by atoms with Crippen molar-refractivity contribution in [2.45, 2.75) is 77.4 Å². The van der Waals surface area contributed by atoms with Crippen molar-refractivity contribution in [3.63, 3.8) is 0 Å². The molecule has 0 bridgehead atoms. The Morgan fingerprint density at radius 3 is 2.90 bits per heavy atom. The minimum absolute atomic E-state index is 0.0459. The first kappa shape index (κ1) is 17.5. The molecule has 0 saturated carbocycles. The van der Waals surface area contributed by atoms with E-state index in [0.717, 1.165) is 32.5 Å². The van der Waals surface area contributed by atoms with E-state index in [1.165, 1.54) is 50.5 Å². The summed E-state index contributed by atoms with van der Waals surface area (Å²) in [5.41, 5.74) is 1.52. The largest absolute Gasteiger partial charge is 0.353 e. The molecule has 1 rings (SSSR count). The third-order valence-corrected chi connectivity index (χ3v) is 3.75. The molecule has 0 aliphatic carbocycles. The van der Waals surface area contributed by atoms with Crippen molar-refractivity contribution in [1.82, 2.24) is 0 Å². The van der Waals surface area contributed by atoms with Gasteiger partial charge < -0.3 is 9.47 Å². The molecule has 2 heteroatoms. The second-order valence-corrected chi connectivity index (χ2v) is 5.62. The Morgan fingerprint density at radius 1 is 1.30 bits per heavy atom. The van der Waals surface area contributed by atoms with Crippen LogP contribution in [0, 0.1) is 0 Å². The van der Waals surface area contributed by atoms with Gasteiger partial charge in [0.05, 0.1) is 6.61 Å². The second kappa shape index (κ2) is 12.2. The summed E-state index contributed by atoms with van der Waals surface area (Å²) < 4.78 is 11.3. The average molecular weight is 280 g/mol. The molecule has 2 nitrogen and oxygen atoms in total. The van der Waals surface area contributed by atoms with Gasteiger partial charge in [0.1, 0.15) is 0 Å². The van der Waals surface area contributed by atoms with E-state index in [1.54, 1.807) is 0 Å². The van der Waals surface area contributed by atoms with Gasteiger partial charge in [0.15, 0.2) is 6.29 Å². The van der Waals surface area contributed by atoms with Gasteiger partial charge in [0, 0.05) is 6.61 Å². The molecule has 0 spiro atoms. The summed E-state index contributed by atoms with van der Waals surface area (Å²) in [4.78, 5) is 0. The third-order valence-electron chi connectivity index (χ3n) is 3.75. The van der Waals surface area contributed by atoms with Crippen LogP contribution < -0.4 is 0 Å². The fourth-order valence-corrected chi connectivity index (χ4v) is 2.56. The fourth-order valence-electron chi connectivity index (χ4n) is 2.56. The molecule has 0 radical (unpaired) electrons. The summed E-state index contributed by atoms with van der Waals surface area (Å²) in [6.45, 7) is 7.75. The van der Waals surface area contributed by atoms with E-state index in [9.17, 15) is 0 Å². The molecular weight excluding hydrogens is 248 g/mol. The number of unbranched alkanes of at least 4 members (excludes halogenated alkanes) is 3. The zero-order chi connectivity index (χ0) is 14.5. The number of hydrogen-bond donors (Lipinski definition) is 0.